The number of carbonyl (C=O) groups is 2. The molecule has 0 saturated carbocycles. The first-order valence-corrected chi connectivity index (χ1v) is 5.33. The average molecular weight is 271 g/mol. The van der Waals surface area contributed by atoms with Gasteiger partial charge in [-0.2, -0.15) is 0 Å². The Hall–Kier alpha value is -2.51. The maximum Gasteiger partial charge on any atom is 0.512 e. The Morgan fingerprint density at radius 1 is 1.26 bits per heavy atom. The third kappa shape index (κ3) is 5.11. The maximum atomic E-state index is 10.5. The summed E-state index contributed by atoms with van der Waals surface area (Å²) in [5, 5.41) is 17.0. The van der Waals surface area contributed by atoms with Crippen LogP contribution in [0.25, 0.3) is 0 Å². The quantitative estimate of drug-likeness (QED) is 0.783. The van der Waals surface area contributed by atoms with Crippen molar-refractivity contribution in [3.8, 4) is 17.4 Å². The minimum absolute atomic E-state index is 0.00477. The van der Waals surface area contributed by atoms with Gasteiger partial charge in [-0.15, -0.1) is 0 Å². The number of nitrogens with zero attached hydrogens (tertiary/aromatic N) is 1. The van der Waals surface area contributed by atoms with Gasteiger partial charge in [-0.25, -0.2) is 14.6 Å². The zero-order chi connectivity index (χ0) is 14.4. The first-order chi connectivity index (χ1) is 8.88. The number of rotatable bonds is 5. The van der Waals surface area contributed by atoms with Gasteiger partial charge in [0.1, 0.15) is 0 Å². The van der Waals surface area contributed by atoms with E-state index < -0.39 is 12.3 Å². The van der Waals surface area contributed by atoms with E-state index in [1.54, 1.807) is 0 Å². The van der Waals surface area contributed by atoms with Crippen molar-refractivity contribution in [1.82, 2.24) is 4.98 Å². The van der Waals surface area contributed by atoms with Crippen LogP contribution in [0.2, 0.25) is 0 Å². The minimum atomic E-state index is -1.55. The summed E-state index contributed by atoms with van der Waals surface area (Å²) in [4.78, 5) is 24.5. The molecule has 8 nitrogen and oxygen atoms in total. The van der Waals surface area contributed by atoms with Gasteiger partial charge in [0, 0.05) is 6.07 Å². The fourth-order valence-corrected chi connectivity index (χ4v) is 1.09. The molecule has 0 aliphatic carbocycles. The van der Waals surface area contributed by atoms with Gasteiger partial charge < -0.3 is 24.4 Å². The summed E-state index contributed by atoms with van der Waals surface area (Å²) in [5.41, 5.74) is 0. The SMILES string of the molecule is CC(C)COc1cc(OC(=O)O)cnc1OC(=O)O. The van der Waals surface area contributed by atoms with Gasteiger partial charge in [0.05, 0.1) is 12.8 Å². The molecule has 0 aliphatic heterocycles. The van der Waals surface area contributed by atoms with Gasteiger partial charge in [0.2, 0.25) is 0 Å². The lowest BCUT2D eigenvalue weighted by Crippen LogP contribution is -2.10. The molecule has 0 aliphatic rings. The van der Waals surface area contributed by atoms with Crippen LogP contribution in [-0.2, 0) is 0 Å². The predicted molar refractivity (Wildman–Crippen MR) is 61.9 cm³/mol. The molecule has 0 atom stereocenters. The Balaban J connectivity index is 2.95. The molecule has 0 amide bonds. The number of aromatic nitrogens is 1. The minimum Gasteiger partial charge on any atom is -0.488 e. The molecule has 0 spiro atoms. The van der Waals surface area contributed by atoms with E-state index in [1.165, 1.54) is 6.07 Å². The molecule has 2 N–H and O–H groups in total. The lowest BCUT2D eigenvalue weighted by atomic mass is 10.2. The van der Waals surface area contributed by atoms with Gasteiger partial charge >= 0.3 is 12.3 Å². The van der Waals surface area contributed by atoms with Crippen molar-refractivity contribution >= 4 is 12.3 Å². The van der Waals surface area contributed by atoms with Crippen LogP contribution in [-0.4, -0.2) is 34.1 Å². The molecule has 0 aromatic carbocycles. The van der Waals surface area contributed by atoms with E-state index in [4.69, 9.17) is 14.9 Å². The van der Waals surface area contributed by atoms with E-state index in [2.05, 4.69) is 14.5 Å². The fraction of sp³-hybridized carbons (Fsp3) is 0.364. The topological polar surface area (TPSA) is 115 Å². The fourth-order valence-electron chi connectivity index (χ4n) is 1.09. The van der Waals surface area contributed by atoms with Crippen LogP contribution >= 0.6 is 0 Å². The van der Waals surface area contributed by atoms with E-state index in [0.717, 1.165) is 6.20 Å². The molecule has 1 aromatic heterocycles. The van der Waals surface area contributed by atoms with Crippen molar-refractivity contribution in [2.24, 2.45) is 5.92 Å². The van der Waals surface area contributed by atoms with Gasteiger partial charge in [-0.3, -0.25) is 0 Å². The lowest BCUT2D eigenvalue weighted by molar-refractivity contribution is 0.136. The monoisotopic (exact) mass is 271 g/mol. The molecule has 1 heterocycles. The Morgan fingerprint density at radius 2 is 1.89 bits per heavy atom. The molecule has 0 unspecified atom stereocenters. The van der Waals surface area contributed by atoms with Crippen LogP contribution in [0.1, 0.15) is 13.8 Å². The maximum absolute atomic E-state index is 10.5. The molecule has 8 heteroatoms. The third-order valence-corrected chi connectivity index (χ3v) is 1.75. The third-order valence-electron chi connectivity index (χ3n) is 1.75. The van der Waals surface area contributed by atoms with E-state index in [0.29, 0.717) is 0 Å². The Morgan fingerprint density at radius 3 is 2.42 bits per heavy atom. The lowest BCUT2D eigenvalue weighted by Gasteiger charge is -2.12. The molecule has 19 heavy (non-hydrogen) atoms. The summed E-state index contributed by atoms with van der Waals surface area (Å²) in [6.07, 6.45) is -2.04. The Kier molecular flexibility index (Phi) is 4.92. The molecule has 0 fully saturated rings. The predicted octanol–water partition coefficient (Wildman–Crippen LogP) is 2.23. The van der Waals surface area contributed by atoms with E-state index in [9.17, 15) is 9.59 Å². The smallest absolute Gasteiger partial charge is 0.488 e. The molecular formula is C11H13NO7. The largest absolute Gasteiger partial charge is 0.512 e. The molecule has 0 saturated heterocycles. The van der Waals surface area contributed by atoms with Crippen molar-refractivity contribution < 1.29 is 34.0 Å². The summed E-state index contributed by atoms with van der Waals surface area (Å²) in [6, 6.07) is 1.20. The number of hydrogen-bond acceptors (Lipinski definition) is 6. The summed E-state index contributed by atoms with van der Waals surface area (Å²) < 4.78 is 14.1. The summed E-state index contributed by atoms with van der Waals surface area (Å²) >= 11 is 0. The summed E-state index contributed by atoms with van der Waals surface area (Å²) in [5.74, 6) is -0.188. The van der Waals surface area contributed by atoms with Crippen molar-refractivity contribution in [1.29, 1.82) is 0 Å². The highest BCUT2D eigenvalue weighted by Gasteiger charge is 2.14. The van der Waals surface area contributed by atoms with Gasteiger partial charge in [-0.05, 0) is 5.92 Å². The average Bonchev–Trinajstić information content (AvgIpc) is 2.27. The van der Waals surface area contributed by atoms with Gasteiger partial charge in [0.15, 0.2) is 11.5 Å². The van der Waals surface area contributed by atoms with Crippen LogP contribution in [0.3, 0.4) is 0 Å². The standard InChI is InChI=1S/C11H13NO7/c1-6(2)5-17-8-3-7(18-10(13)14)4-12-9(8)19-11(15)16/h3-4,6H,5H2,1-2H3,(H,13,14)(H,15,16). The molecule has 0 bridgehead atoms. The van der Waals surface area contributed by atoms with Crippen molar-refractivity contribution in [2.45, 2.75) is 13.8 Å². The van der Waals surface area contributed by atoms with Crippen molar-refractivity contribution in [3.63, 3.8) is 0 Å². The Labute approximate surface area is 108 Å². The highest BCUT2D eigenvalue weighted by atomic mass is 16.7. The van der Waals surface area contributed by atoms with E-state index in [-0.39, 0.29) is 29.9 Å². The molecule has 0 radical (unpaired) electrons. The first-order valence-electron chi connectivity index (χ1n) is 5.33. The number of pyridine rings is 1. The van der Waals surface area contributed by atoms with Crippen LogP contribution in [0.5, 0.6) is 17.4 Å². The van der Waals surface area contributed by atoms with Crippen molar-refractivity contribution in [2.75, 3.05) is 6.61 Å². The number of carboxylic acid groups (broad SMARTS) is 2. The zero-order valence-corrected chi connectivity index (χ0v) is 10.3. The van der Waals surface area contributed by atoms with E-state index in [1.807, 2.05) is 13.8 Å². The van der Waals surface area contributed by atoms with Gasteiger partial charge in [0.25, 0.3) is 5.88 Å². The molecular weight excluding hydrogens is 258 g/mol. The highest BCUT2D eigenvalue weighted by Crippen LogP contribution is 2.29. The summed E-state index contributed by atoms with van der Waals surface area (Å²) in [6.45, 7) is 4.07. The second-order valence-electron chi connectivity index (χ2n) is 3.92. The molecule has 1 rings (SSSR count). The number of ether oxygens (including phenoxy) is 3. The number of hydrogen-bond donors (Lipinski definition) is 2. The second-order valence-corrected chi connectivity index (χ2v) is 3.92. The highest BCUT2D eigenvalue weighted by molar-refractivity contribution is 5.63. The van der Waals surface area contributed by atoms with Crippen molar-refractivity contribution in [3.05, 3.63) is 12.3 Å². The summed E-state index contributed by atoms with van der Waals surface area (Å²) in [7, 11) is 0. The van der Waals surface area contributed by atoms with Crippen LogP contribution in [0.4, 0.5) is 9.59 Å². The first kappa shape index (κ1) is 14.6. The zero-order valence-electron chi connectivity index (χ0n) is 10.3. The van der Waals surface area contributed by atoms with Gasteiger partial charge in [-0.1, -0.05) is 13.8 Å². The second kappa shape index (κ2) is 6.43. The van der Waals surface area contributed by atoms with E-state index >= 15 is 0 Å². The molecule has 1 aromatic rings. The van der Waals surface area contributed by atoms with Crippen LogP contribution in [0, 0.1) is 5.92 Å². The Bertz CT molecular complexity index is 472. The normalized spacial score (nSPS) is 10.1. The van der Waals surface area contributed by atoms with Crippen LogP contribution < -0.4 is 14.2 Å². The van der Waals surface area contributed by atoms with Crippen LogP contribution in [0.15, 0.2) is 12.3 Å². The molecule has 104 valence electrons.